The first-order valence-electron chi connectivity index (χ1n) is 18.8. The molecular formula is C45H41Br3N2O16. The van der Waals surface area contributed by atoms with Crippen molar-refractivity contribution in [2.75, 3.05) is 33.7 Å². The third kappa shape index (κ3) is 15.7. The second kappa shape index (κ2) is 27.5. The molecule has 21 heteroatoms. The van der Waals surface area contributed by atoms with Gasteiger partial charge in [0.1, 0.15) is 17.3 Å². The molecule has 0 saturated heterocycles. The number of nitrogen functional groups attached to an aromatic ring is 1. The van der Waals surface area contributed by atoms with Gasteiger partial charge in [-0.1, -0.05) is 106 Å². The Balaban J connectivity index is 0.000000287. The number of alkyl halides is 1. The number of nitrogens with zero attached hydrogens (tertiary/aromatic N) is 1. The van der Waals surface area contributed by atoms with E-state index in [1.807, 2.05) is 54.6 Å². The summed E-state index contributed by atoms with van der Waals surface area (Å²) in [5.74, 6) is -2.15. The second-order valence-electron chi connectivity index (χ2n) is 13.4. The molecule has 4 aromatic carbocycles. The molecule has 8 rings (SSSR count). The Bertz CT molecular complexity index is 2640. The number of hydrogen-bond donors (Lipinski definition) is 2. The summed E-state index contributed by atoms with van der Waals surface area (Å²) in [4.78, 5) is 96.7. The number of nitrogens with two attached hydrogens (primary N) is 1. The Hall–Kier alpha value is -6.80. The van der Waals surface area contributed by atoms with Crippen LogP contribution in [-0.2, 0) is 47.3 Å². The van der Waals surface area contributed by atoms with Crippen LogP contribution in [0, 0.1) is 10.8 Å². The molecule has 1 aliphatic carbocycles. The van der Waals surface area contributed by atoms with Crippen LogP contribution in [0.5, 0.6) is 0 Å². The van der Waals surface area contributed by atoms with Crippen LogP contribution in [-0.4, -0.2) is 69.0 Å². The Morgan fingerprint density at radius 1 is 0.833 bits per heavy atom. The molecule has 2 atom stereocenters. The Morgan fingerprint density at radius 3 is 1.95 bits per heavy atom. The molecule has 3 N–H and O–H groups in total. The third-order valence-corrected chi connectivity index (χ3v) is 10.9. The molecular weight excluding hydrogens is 1060 g/mol. The lowest BCUT2D eigenvalue weighted by Crippen LogP contribution is -2.43. The molecule has 2 aliphatic heterocycles. The van der Waals surface area contributed by atoms with Gasteiger partial charge in [-0.15, -0.1) is 4.91 Å². The fourth-order valence-electron chi connectivity index (χ4n) is 5.51. The molecule has 0 saturated carbocycles. The number of ether oxygens (including phenoxy) is 4. The Labute approximate surface area is 401 Å². The fourth-order valence-corrected chi connectivity index (χ4v) is 7.16. The first-order chi connectivity index (χ1) is 31.3. The minimum atomic E-state index is -1.08. The van der Waals surface area contributed by atoms with Crippen LogP contribution in [0.3, 0.4) is 0 Å². The Morgan fingerprint density at radius 2 is 1.39 bits per heavy atom. The van der Waals surface area contributed by atoms with Gasteiger partial charge in [-0.25, -0.2) is 28.8 Å². The number of rotatable bonds is 8. The summed E-state index contributed by atoms with van der Waals surface area (Å²) < 4.78 is 23.6. The van der Waals surface area contributed by atoms with Crippen molar-refractivity contribution < 1.29 is 66.9 Å². The van der Waals surface area contributed by atoms with Gasteiger partial charge in [-0.2, -0.15) is 9.59 Å². The summed E-state index contributed by atoms with van der Waals surface area (Å²) in [5, 5.41) is 12.9. The maximum Gasteiger partial charge on any atom is 0.373 e. The zero-order chi connectivity index (χ0) is 49.6. The van der Waals surface area contributed by atoms with Crippen molar-refractivity contribution in [2.45, 2.75) is 30.7 Å². The number of methoxy groups -OCH3 is 3. The van der Waals surface area contributed by atoms with E-state index in [0.717, 1.165) is 39.1 Å². The molecule has 3 aliphatic rings. The van der Waals surface area contributed by atoms with Crippen molar-refractivity contribution in [3.05, 3.63) is 161 Å². The summed E-state index contributed by atoms with van der Waals surface area (Å²) in [5.41, 5.74) is 8.02. The SMILES string of the molecule is CC(C)CCON=O.COC(=O)C1=CC2(Br)C(=O)OC1c1ccccc12.COC(=O)c1cc(Br)c2ccccc2c1.COC(=O)c1coc(=O)c(Br)c1.Nc1ccccc1C(=O)O.O=C=O. The molecule has 2 bridgehead atoms. The van der Waals surface area contributed by atoms with Crippen LogP contribution in [0.25, 0.3) is 10.8 Å². The topological polar surface area (TPSA) is 272 Å². The average Bonchev–Trinajstić information content (AvgIpc) is 3.31. The predicted molar refractivity (Wildman–Crippen MR) is 247 cm³/mol. The molecule has 0 radical (unpaired) electrons. The highest BCUT2D eigenvalue weighted by Gasteiger charge is 2.52. The fraction of sp³-hybridized carbons (Fsp3) is 0.222. The van der Waals surface area contributed by atoms with Gasteiger partial charge in [0, 0.05) is 15.7 Å². The number of carbonyl (C=O) groups is 5. The number of fused-ring (bicyclic) bond motifs is 2. The summed E-state index contributed by atoms with van der Waals surface area (Å²) in [6.45, 7) is 4.57. The lowest BCUT2D eigenvalue weighted by molar-refractivity contribution is -0.191. The smallest absolute Gasteiger partial charge is 0.373 e. The van der Waals surface area contributed by atoms with Crippen molar-refractivity contribution in [3.63, 3.8) is 0 Å². The van der Waals surface area contributed by atoms with E-state index in [4.69, 9.17) is 29.9 Å². The zero-order valence-corrected chi connectivity index (χ0v) is 40.4. The number of anilines is 1. The molecule has 66 heavy (non-hydrogen) atoms. The van der Waals surface area contributed by atoms with Gasteiger partial charge in [0.15, 0.2) is 15.8 Å². The monoisotopic (exact) mass is 1100 g/mol. The van der Waals surface area contributed by atoms with Crippen LogP contribution < -0.4 is 11.4 Å². The van der Waals surface area contributed by atoms with Crippen molar-refractivity contribution in [2.24, 2.45) is 11.3 Å². The van der Waals surface area contributed by atoms with E-state index < -0.39 is 39.9 Å². The number of carboxylic acids is 1. The van der Waals surface area contributed by atoms with Crippen molar-refractivity contribution in [3.8, 4) is 0 Å². The van der Waals surface area contributed by atoms with E-state index in [1.165, 1.54) is 33.5 Å². The number of halogens is 3. The molecule has 18 nitrogen and oxygen atoms in total. The second-order valence-corrected chi connectivity index (χ2v) is 16.3. The van der Waals surface area contributed by atoms with Crippen LogP contribution in [0.2, 0.25) is 0 Å². The van der Waals surface area contributed by atoms with Gasteiger partial charge in [-0.05, 0) is 81.0 Å². The largest absolute Gasteiger partial charge is 0.478 e. The summed E-state index contributed by atoms with van der Waals surface area (Å²) in [6.07, 6.45) is 3.11. The van der Waals surface area contributed by atoms with Gasteiger partial charge in [0.05, 0.1) is 43.6 Å². The number of esters is 4. The van der Waals surface area contributed by atoms with E-state index >= 15 is 0 Å². The van der Waals surface area contributed by atoms with Gasteiger partial charge in [0.25, 0.3) is 0 Å². The lowest BCUT2D eigenvalue weighted by Gasteiger charge is -2.40. The number of benzene rings is 4. The molecule has 5 aromatic rings. The van der Waals surface area contributed by atoms with E-state index in [1.54, 1.807) is 30.3 Å². The molecule has 1 aromatic heterocycles. The van der Waals surface area contributed by atoms with E-state index in [-0.39, 0.29) is 27.7 Å². The minimum absolute atomic E-state index is 0.155. The number of carboxylic acid groups (broad SMARTS) is 1. The number of carbonyl (C=O) groups excluding carboxylic acids is 6. The standard InChI is InChI=1S/C13H9BrO4.C12H9BrO2.C7H5BrO4.C7H7NO2.C5H11NO2.CO2/c1-17-11(15)8-6-13(14)9-5-3-2-4-7(9)10(8)18-12(13)16;1-15-12(14)9-6-8-4-2-3-5-10(8)11(13)7-9;1-11-6(9)4-2-5(8)7(10)12-3-4;8-6-4-2-1-3-5(6)7(9)10;1-5(2)3-4-8-6-7;2-1-3/h2-6,10H,1H3;2-7H,1H3;2-3H,1H3;1-4H,8H2,(H,9,10);5H,3-4H2,1-2H3;. The molecule has 348 valence electrons. The maximum absolute atomic E-state index is 11.9. The predicted octanol–water partition coefficient (Wildman–Crippen LogP) is 8.68. The number of para-hydroxylation sites is 1. The van der Waals surface area contributed by atoms with Gasteiger partial charge in [0.2, 0.25) is 0 Å². The highest BCUT2D eigenvalue weighted by molar-refractivity contribution is 9.11. The highest BCUT2D eigenvalue weighted by Crippen LogP contribution is 2.52. The van der Waals surface area contributed by atoms with E-state index in [9.17, 15) is 33.7 Å². The normalized spacial score (nSPS) is 14.4. The maximum atomic E-state index is 11.9. The summed E-state index contributed by atoms with van der Waals surface area (Å²) >= 11 is 9.74. The lowest BCUT2D eigenvalue weighted by atomic mass is 9.79. The summed E-state index contributed by atoms with van der Waals surface area (Å²) in [6, 6.07) is 26.6. The zero-order valence-electron chi connectivity index (χ0n) is 35.6. The quantitative estimate of drug-likeness (QED) is 0.0280. The number of aromatic carboxylic acids is 1. The summed E-state index contributed by atoms with van der Waals surface area (Å²) in [7, 11) is 3.94. The van der Waals surface area contributed by atoms with E-state index in [2.05, 4.69) is 85.7 Å². The van der Waals surface area contributed by atoms with Crippen molar-refractivity contribution in [1.82, 2.24) is 0 Å². The number of hydrogen-bond acceptors (Lipinski definition) is 17. The minimum Gasteiger partial charge on any atom is -0.478 e. The van der Waals surface area contributed by atoms with E-state index in [0.29, 0.717) is 29.3 Å². The highest BCUT2D eigenvalue weighted by atomic mass is 79.9. The molecule has 3 heterocycles. The van der Waals surface area contributed by atoms with Gasteiger partial charge in [-0.3, -0.25) is 0 Å². The molecule has 0 amide bonds. The van der Waals surface area contributed by atoms with Gasteiger partial charge >= 0.3 is 41.6 Å². The third-order valence-electron chi connectivity index (χ3n) is 8.67. The first-order valence-corrected chi connectivity index (χ1v) is 21.2. The van der Waals surface area contributed by atoms with Crippen molar-refractivity contribution >= 4 is 100 Å². The molecule has 2 unspecified atom stereocenters. The van der Waals surface area contributed by atoms with Crippen LogP contribution in [0.4, 0.5) is 5.69 Å². The average molecular weight is 1110 g/mol. The van der Waals surface area contributed by atoms with Crippen LogP contribution >= 0.6 is 47.8 Å². The molecule has 0 fully saturated rings. The van der Waals surface area contributed by atoms with Crippen molar-refractivity contribution in [1.29, 1.82) is 0 Å². The van der Waals surface area contributed by atoms with Crippen LogP contribution in [0.1, 0.15) is 68.6 Å². The first kappa shape index (κ1) is 55.3. The van der Waals surface area contributed by atoms with Crippen LogP contribution in [0.15, 0.2) is 132 Å². The van der Waals surface area contributed by atoms with Gasteiger partial charge < -0.3 is 39.0 Å². The molecule has 0 spiro atoms. The Kier molecular flexibility index (Phi) is 23.1.